The summed E-state index contributed by atoms with van der Waals surface area (Å²) in [7, 11) is 0. The highest BCUT2D eigenvalue weighted by molar-refractivity contribution is 5.80. The molecule has 0 fully saturated rings. The van der Waals surface area contributed by atoms with Crippen molar-refractivity contribution in [2.45, 2.75) is 12.6 Å². The van der Waals surface area contributed by atoms with Crippen molar-refractivity contribution < 1.29 is 13.6 Å². The molecule has 0 spiro atoms. The van der Waals surface area contributed by atoms with Gasteiger partial charge in [0.15, 0.2) is 11.6 Å². The zero-order valence-electron chi connectivity index (χ0n) is 8.73. The molecule has 4 N–H and O–H groups in total. The average Bonchev–Trinajstić information content (AvgIpc) is 2.62. The van der Waals surface area contributed by atoms with Crippen molar-refractivity contribution in [3.05, 3.63) is 30.1 Å². The van der Waals surface area contributed by atoms with E-state index in [0.717, 1.165) is 12.1 Å². The van der Waals surface area contributed by atoms with Gasteiger partial charge in [0, 0.05) is 18.7 Å². The average molecular weight is 240 g/mol. The molecule has 5 nitrogen and oxygen atoms in total. The molecular formula is C10H10F2N4O. The molecule has 1 aromatic carbocycles. The Kier molecular flexibility index (Phi) is 2.76. The number of hydrogen-bond acceptors (Lipinski definition) is 3. The second-order valence-electron chi connectivity index (χ2n) is 3.66. The number of aromatic nitrogens is 2. The number of nitrogens with two attached hydrogens (primary N) is 2. The predicted octanol–water partition coefficient (Wildman–Crippen LogP) is 0.127. The lowest BCUT2D eigenvalue weighted by Gasteiger charge is -2.09. The summed E-state index contributed by atoms with van der Waals surface area (Å²) in [4.78, 5) is 14.7. The van der Waals surface area contributed by atoms with Gasteiger partial charge in [-0.1, -0.05) is 0 Å². The maximum atomic E-state index is 13.1. The van der Waals surface area contributed by atoms with E-state index in [-0.39, 0.29) is 6.54 Å². The maximum absolute atomic E-state index is 13.1. The van der Waals surface area contributed by atoms with Crippen LogP contribution in [0.3, 0.4) is 0 Å². The van der Waals surface area contributed by atoms with Crippen LogP contribution in [0.5, 0.6) is 0 Å². The Labute approximate surface area is 95.0 Å². The Bertz CT molecular complexity index is 581. The SMILES string of the molecule is NC(=O)C(N)Cn1cnc2cc(F)c(F)cc21. The fourth-order valence-corrected chi connectivity index (χ4v) is 1.50. The smallest absolute Gasteiger partial charge is 0.236 e. The molecule has 0 radical (unpaired) electrons. The van der Waals surface area contributed by atoms with Gasteiger partial charge in [-0.15, -0.1) is 0 Å². The summed E-state index contributed by atoms with van der Waals surface area (Å²) in [6.45, 7) is 0.0664. The molecule has 0 bridgehead atoms. The van der Waals surface area contributed by atoms with Gasteiger partial charge < -0.3 is 16.0 Å². The molecule has 1 unspecified atom stereocenters. The number of imidazole rings is 1. The van der Waals surface area contributed by atoms with Crippen LogP contribution in [-0.2, 0) is 11.3 Å². The first kappa shape index (κ1) is 11.5. The first-order valence-electron chi connectivity index (χ1n) is 4.84. The van der Waals surface area contributed by atoms with E-state index in [1.54, 1.807) is 0 Å². The molecule has 2 rings (SSSR count). The van der Waals surface area contributed by atoms with Crippen LogP contribution >= 0.6 is 0 Å². The number of benzene rings is 1. The van der Waals surface area contributed by atoms with Gasteiger partial charge in [-0.2, -0.15) is 0 Å². The van der Waals surface area contributed by atoms with Crippen molar-refractivity contribution in [1.29, 1.82) is 0 Å². The van der Waals surface area contributed by atoms with Gasteiger partial charge in [0.1, 0.15) is 6.04 Å². The Morgan fingerprint density at radius 1 is 1.41 bits per heavy atom. The third-order valence-electron chi connectivity index (χ3n) is 2.42. The molecule has 0 aliphatic carbocycles. The molecule has 17 heavy (non-hydrogen) atoms. The Morgan fingerprint density at radius 3 is 2.71 bits per heavy atom. The monoisotopic (exact) mass is 240 g/mol. The lowest BCUT2D eigenvalue weighted by Crippen LogP contribution is -2.39. The van der Waals surface area contributed by atoms with Crippen LogP contribution in [-0.4, -0.2) is 21.5 Å². The summed E-state index contributed by atoms with van der Waals surface area (Å²) in [5.41, 5.74) is 11.1. The van der Waals surface area contributed by atoms with E-state index in [4.69, 9.17) is 11.5 Å². The van der Waals surface area contributed by atoms with Gasteiger partial charge in [-0.25, -0.2) is 13.8 Å². The van der Waals surface area contributed by atoms with Crippen molar-refractivity contribution in [2.75, 3.05) is 0 Å². The van der Waals surface area contributed by atoms with Crippen LogP contribution in [0.4, 0.5) is 8.78 Å². The lowest BCUT2D eigenvalue weighted by atomic mass is 10.2. The van der Waals surface area contributed by atoms with Crippen LogP contribution in [0.1, 0.15) is 0 Å². The summed E-state index contributed by atoms with van der Waals surface area (Å²) < 4.78 is 27.4. The van der Waals surface area contributed by atoms with Gasteiger partial charge in [-0.3, -0.25) is 4.79 Å². The van der Waals surface area contributed by atoms with Crippen molar-refractivity contribution >= 4 is 16.9 Å². The van der Waals surface area contributed by atoms with Crippen molar-refractivity contribution in [3.63, 3.8) is 0 Å². The quantitative estimate of drug-likeness (QED) is 0.799. The zero-order valence-corrected chi connectivity index (χ0v) is 8.73. The number of nitrogens with zero attached hydrogens (tertiary/aromatic N) is 2. The molecule has 0 aliphatic rings. The number of carbonyl (C=O) groups excluding carboxylic acids is 1. The topological polar surface area (TPSA) is 86.9 Å². The van der Waals surface area contributed by atoms with Gasteiger partial charge in [0.2, 0.25) is 5.91 Å². The maximum Gasteiger partial charge on any atom is 0.236 e. The van der Waals surface area contributed by atoms with E-state index in [1.807, 2.05) is 0 Å². The molecule has 1 amide bonds. The molecule has 1 heterocycles. The van der Waals surface area contributed by atoms with Crippen LogP contribution in [0.15, 0.2) is 18.5 Å². The molecule has 1 atom stereocenters. The van der Waals surface area contributed by atoms with Crippen LogP contribution in [0.2, 0.25) is 0 Å². The molecule has 90 valence electrons. The van der Waals surface area contributed by atoms with E-state index >= 15 is 0 Å². The summed E-state index contributed by atoms with van der Waals surface area (Å²) in [5.74, 6) is -2.62. The second kappa shape index (κ2) is 4.10. The third kappa shape index (κ3) is 2.09. The summed E-state index contributed by atoms with van der Waals surface area (Å²) >= 11 is 0. The van der Waals surface area contributed by atoms with E-state index in [2.05, 4.69) is 4.98 Å². The molecule has 0 saturated heterocycles. The van der Waals surface area contributed by atoms with Crippen LogP contribution in [0, 0.1) is 11.6 Å². The minimum Gasteiger partial charge on any atom is -0.368 e. The number of primary amides is 1. The second-order valence-corrected chi connectivity index (χ2v) is 3.66. The number of carbonyl (C=O) groups is 1. The fourth-order valence-electron chi connectivity index (χ4n) is 1.50. The van der Waals surface area contributed by atoms with Crippen molar-refractivity contribution in [3.8, 4) is 0 Å². The number of amides is 1. The predicted molar refractivity (Wildman–Crippen MR) is 56.8 cm³/mol. The molecular weight excluding hydrogens is 230 g/mol. The van der Waals surface area contributed by atoms with Gasteiger partial charge in [-0.05, 0) is 0 Å². The van der Waals surface area contributed by atoms with Crippen molar-refractivity contribution in [2.24, 2.45) is 11.5 Å². The van der Waals surface area contributed by atoms with E-state index < -0.39 is 23.6 Å². The normalized spacial score (nSPS) is 12.9. The highest BCUT2D eigenvalue weighted by Gasteiger charge is 2.14. The number of halogens is 2. The number of hydrogen-bond donors (Lipinski definition) is 2. The highest BCUT2D eigenvalue weighted by atomic mass is 19.2. The summed E-state index contributed by atoms with van der Waals surface area (Å²) in [6, 6.07) is 1.09. The van der Waals surface area contributed by atoms with Crippen LogP contribution < -0.4 is 11.5 Å². The minimum atomic E-state index is -0.980. The first-order valence-corrected chi connectivity index (χ1v) is 4.84. The Morgan fingerprint density at radius 2 is 2.06 bits per heavy atom. The molecule has 0 aliphatic heterocycles. The minimum absolute atomic E-state index is 0.0664. The zero-order chi connectivity index (χ0) is 12.6. The number of fused-ring (bicyclic) bond motifs is 1. The molecule has 0 saturated carbocycles. The molecule has 1 aromatic heterocycles. The third-order valence-corrected chi connectivity index (χ3v) is 2.42. The largest absolute Gasteiger partial charge is 0.368 e. The van der Waals surface area contributed by atoms with E-state index in [9.17, 15) is 13.6 Å². The standard InChI is InChI=1S/C10H10F2N4O/c11-5-1-8-9(2-6(5)12)16(4-15-8)3-7(13)10(14)17/h1-2,4,7H,3,13H2,(H2,14,17). The first-order chi connectivity index (χ1) is 7.99. The molecule has 7 heteroatoms. The molecule has 2 aromatic rings. The van der Waals surface area contributed by atoms with Gasteiger partial charge in [0.25, 0.3) is 0 Å². The van der Waals surface area contributed by atoms with Gasteiger partial charge >= 0.3 is 0 Å². The van der Waals surface area contributed by atoms with Crippen molar-refractivity contribution in [1.82, 2.24) is 9.55 Å². The fraction of sp³-hybridized carbons (Fsp3) is 0.200. The van der Waals surface area contributed by atoms with E-state index in [1.165, 1.54) is 10.9 Å². The van der Waals surface area contributed by atoms with E-state index in [0.29, 0.717) is 11.0 Å². The summed E-state index contributed by atoms with van der Waals surface area (Å²) in [6.07, 6.45) is 1.35. The highest BCUT2D eigenvalue weighted by Crippen LogP contribution is 2.17. The lowest BCUT2D eigenvalue weighted by molar-refractivity contribution is -0.119. The van der Waals surface area contributed by atoms with Crippen LogP contribution in [0.25, 0.3) is 11.0 Å². The Hall–Kier alpha value is -2.02. The Balaban J connectivity index is 2.42. The summed E-state index contributed by atoms with van der Waals surface area (Å²) in [5, 5.41) is 0. The van der Waals surface area contributed by atoms with Gasteiger partial charge in [0.05, 0.1) is 17.4 Å². The number of rotatable bonds is 3.